The number of allylic oxidation sites excluding steroid dienone is 4. The number of rotatable bonds is 1. The van der Waals surface area contributed by atoms with E-state index in [9.17, 15) is 0 Å². The summed E-state index contributed by atoms with van der Waals surface area (Å²) in [7, 11) is 0. The second kappa shape index (κ2) is 5.88. The van der Waals surface area contributed by atoms with Crippen LogP contribution in [0.3, 0.4) is 0 Å². The minimum absolute atomic E-state index is 1.05. The van der Waals surface area contributed by atoms with Crippen molar-refractivity contribution >= 4 is 0 Å². The molecule has 0 atom stereocenters. The molecule has 0 unspecified atom stereocenters. The van der Waals surface area contributed by atoms with Gasteiger partial charge in [-0.05, 0) is 32.9 Å². The van der Waals surface area contributed by atoms with Gasteiger partial charge in [-0.25, -0.2) is 0 Å². The zero-order valence-electron chi connectivity index (χ0n) is 9.54. The molecule has 0 radical (unpaired) electrons. The molecule has 0 aromatic heterocycles. The average Bonchev–Trinajstić information content (AvgIpc) is 2.26. The van der Waals surface area contributed by atoms with Crippen LogP contribution in [0.25, 0.3) is 0 Å². The summed E-state index contributed by atoms with van der Waals surface area (Å²) in [5, 5.41) is 0. The van der Waals surface area contributed by atoms with Gasteiger partial charge in [-0.2, -0.15) is 0 Å². The van der Waals surface area contributed by atoms with E-state index in [0.29, 0.717) is 0 Å². The monoisotopic (exact) mass is 196 g/mol. The summed E-state index contributed by atoms with van der Waals surface area (Å²) < 4.78 is 0. The lowest BCUT2D eigenvalue weighted by atomic mass is 10.1. The topological polar surface area (TPSA) is 0 Å². The first-order valence-corrected chi connectivity index (χ1v) is 5.14. The molecule has 0 spiro atoms. The summed E-state index contributed by atoms with van der Waals surface area (Å²) in [4.78, 5) is 0. The van der Waals surface area contributed by atoms with Crippen molar-refractivity contribution in [1.29, 1.82) is 0 Å². The fraction of sp³-hybridized carbons (Fsp3) is 0.200. The molecule has 1 aromatic carbocycles. The van der Waals surface area contributed by atoms with Gasteiger partial charge in [0.2, 0.25) is 0 Å². The standard InChI is InChI=1S/C15H16/c1-4-6-14(5-2)11-12-15-9-7-13(3)8-10-15/h4-10H,1-3H3/b6-4-,14-5+. The molecule has 0 saturated carbocycles. The van der Waals surface area contributed by atoms with Gasteiger partial charge in [0.15, 0.2) is 0 Å². The molecule has 0 heteroatoms. The van der Waals surface area contributed by atoms with Crippen molar-refractivity contribution in [2.75, 3.05) is 0 Å². The normalized spacial score (nSPS) is 11.3. The van der Waals surface area contributed by atoms with Crippen molar-refractivity contribution in [3.63, 3.8) is 0 Å². The van der Waals surface area contributed by atoms with Crippen LogP contribution in [-0.4, -0.2) is 0 Å². The first-order chi connectivity index (χ1) is 7.26. The van der Waals surface area contributed by atoms with Crippen LogP contribution in [-0.2, 0) is 0 Å². The fourth-order valence-electron chi connectivity index (χ4n) is 1.17. The Labute approximate surface area is 92.3 Å². The van der Waals surface area contributed by atoms with Crippen LogP contribution in [0.4, 0.5) is 0 Å². The zero-order valence-corrected chi connectivity index (χ0v) is 9.54. The molecule has 0 N–H and O–H groups in total. The van der Waals surface area contributed by atoms with E-state index in [4.69, 9.17) is 0 Å². The van der Waals surface area contributed by atoms with Crippen LogP contribution in [0.2, 0.25) is 0 Å². The van der Waals surface area contributed by atoms with Crippen LogP contribution in [0.15, 0.2) is 48.1 Å². The number of benzene rings is 1. The highest BCUT2D eigenvalue weighted by Crippen LogP contribution is 2.02. The largest absolute Gasteiger partial charge is 0.0864 e. The highest BCUT2D eigenvalue weighted by atomic mass is 13.9. The van der Waals surface area contributed by atoms with Crippen LogP contribution >= 0.6 is 0 Å². The molecule has 0 nitrogen and oxygen atoms in total. The molecule has 0 bridgehead atoms. The third-order valence-corrected chi connectivity index (χ3v) is 2.06. The highest BCUT2D eigenvalue weighted by Gasteiger charge is 1.86. The Kier molecular flexibility index (Phi) is 4.44. The maximum Gasteiger partial charge on any atom is 0.0249 e. The molecular formula is C15H16. The van der Waals surface area contributed by atoms with Crippen molar-refractivity contribution in [3.8, 4) is 11.8 Å². The lowest BCUT2D eigenvalue weighted by molar-refractivity contribution is 1.46. The maximum absolute atomic E-state index is 3.14. The smallest absolute Gasteiger partial charge is 0.0249 e. The first kappa shape index (κ1) is 11.3. The molecule has 15 heavy (non-hydrogen) atoms. The molecule has 0 saturated heterocycles. The second-order valence-electron chi connectivity index (χ2n) is 3.36. The van der Waals surface area contributed by atoms with Crippen molar-refractivity contribution < 1.29 is 0 Å². The van der Waals surface area contributed by atoms with Crippen molar-refractivity contribution in [2.24, 2.45) is 0 Å². The fourth-order valence-corrected chi connectivity index (χ4v) is 1.17. The van der Waals surface area contributed by atoms with Gasteiger partial charge in [-0.3, -0.25) is 0 Å². The third kappa shape index (κ3) is 3.87. The molecule has 1 aromatic rings. The molecule has 0 heterocycles. The summed E-state index contributed by atoms with van der Waals surface area (Å²) in [5.41, 5.74) is 3.38. The van der Waals surface area contributed by atoms with E-state index < -0.39 is 0 Å². The molecule has 0 aliphatic heterocycles. The summed E-state index contributed by atoms with van der Waals surface area (Å²) >= 11 is 0. The van der Waals surface area contributed by atoms with E-state index in [1.807, 2.05) is 44.2 Å². The van der Waals surface area contributed by atoms with Gasteiger partial charge in [0.1, 0.15) is 0 Å². The summed E-state index contributed by atoms with van der Waals surface area (Å²) in [6.45, 7) is 6.07. The molecule has 0 aliphatic rings. The van der Waals surface area contributed by atoms with Crippen molar-refractivity contribution in [2.45, 2.75) is 20.8 Å². The minimum Gasteiger partial charge on any atom is -0.0864 e. The predicted molar refractivity (Wildman–Crippen MR) is 66.6 cm³/mol. The van der Waals surface area contributed by atoms with E-state index in [2.05, 4.69) is 30.9 Å². The number of hydrogen-bond acceptors (Lipinski definition) is 0. The van der Waals surface area contributed by atoms with Crippen LogP contribution in [0.1, 0.15) is 25.0 Å². The van der Waals surface area contributed by atoms with E-state index in [1.54, 1.807) is 0 Å². The Morgan fingerprint density at radius 2 is 1.80 bits per heavy atom. The van der Waals surface area contributed by atoms with E-state index in [0.717, 1.165) is 11.1 Å². The van der Waals surface area contributed by atoms with Gasteiger partial charge in [0.25, 0.3) is 0 Å². The number of hydrogen-bond donors (Lipinski definition) is 0. The van der Waals surface area contributed by atoms with Crippen LogP contribution < -0.4 is 0 Å². The summed E-state index contributed by atoms with van der Waals surface area (Å²) in [5.74, 6) is 6.27. The maximum atomic E-state index is 3.14. The molecular weight excluding hydrogens is 180 g/mol. The Morgan fingerprint density at radius 1 is 1.13 bits per heavy atom. The third-order valence-electron chi connectivity index (χ3n) is 2.06. The molecule has 0 fully saturated rings. The van der Waals surface area contributed by atoms with Crippen molar-refractivity contribution in [1.82, 2.24) is 0 Å². The summed E-state index contributed by atoms with van der Waals surface area (Å²) in [6, 6.07) is 8.25. The van der Waals surface area contributed by atoms with E-state index >= 15 is 0 Å². The second-order valence-corrected chi connectivity index (χ2v) is 3.36. The number of aryl methyl sites for hydroxylation is 1. The Hall–Kier alpha value is -1.74. The van der Waals surface area contributed by atoms with Gasteiger partial charge < -0.3 is 0 Å². The van der Waals surface area contributed by atoms with Crippen LogP contribution in [0.5, 0.6) is 0 Å². The Bertz CT molecular complexity index is 419. The van der Waals surface area contributed by atoms with Gasteiger partial charge >= 0.3 is 0 Å². The quantitative estimate of drug-likeness (QED) is 0.472. The lowest BCUT2D eigenvalue weighted by Gasteiger charge is -1.91. The van der Waals surface area contributed by atoms with Gasteiger partial charge in [0, 0.05) is 11.1 Å². The van der Waals surface area contributed by atoms with E-state index in [1.165, 1.54) is 5.56 Å². The Morgan fingerprint density at radius 3 is 2.33 bits per heavy atom. The molecule has 0 aliphatic carbocycles. The van der Waals surface area contributed by atoms with Gasteiger partial charge in [-0.1, -0.05) is 47.8 Å². The molecule has 76 valence electrons. The van der Waals surface area contributed by atoms with E-state index in [-0.39, 0.29) is 0 Å². The zero-order chi connectivity index (χ0) is 11.1. The van der Waals surface area contributed by atoms with Gasteiger partial charge in [0.05, 0.1) is 0 Å². The highest BCUT2D eigenvalue weighted by molar-refractivity contribution is 5.45. The first-order valence-electron chi connectivity index (χ1n) is 5.14. The van der Waals surface area contributed by atoms with Crippen LogP contribution in [0, 0.1) is 18.8 Å². The molecule has 0 amide bonds. The molecule has 1 rings (SSSR count). The van der Waals surface area contributed by atoms with Gasteiger partial charge in [-0.15, -0.1) is 0 Å². The lowest BCUT2D eigenvalue weighted by Crippen LogP contribution is -1.76. The summed E-state index contributed by atoms with van der Waals surface area (Å²) in [6.07, 6.45) is 6.03. The van der Waals surface area contributed by atoms with Crippen molar-refractivity contribution in [3.05, 3.63) is 59.2 Å². The SMILES string of the molecule is C/C=C\C(C#Cc1ccc(C)cc1)=C/C. The predicted octanol–water partition coefficient (Wildman–Crippen LogP) is 3.87. The Balaban J connectivity index is 2.85. The minimum atomic E-state index is 1.05. The average molecular weight is 196 g/mol.